The summed E-state index contributed by atoms with van der Waals surface area (Å²) in [6.45, 7) is 3.43. The zero-order chi connectivity index (χ0) is 20.3. The van der Waals surface area contributed by atoms with Crippen LogP contribution in [0.3, 0.4) is 0 Å². The number of anilines is 1. The molecule has 150 valence electrons. The number of nitrogens with one attached hydrogen (secondary N) is 3. The maximum atomic E-state index is 12.9. The molecule has 1 saturated carbocycles. The summed E-state index contributed by atoms with van der Waals surface area (Å²) < 4.78 is 3.27. The molecule has 3 amide bonds. The summed E-state index contributed by atoms with van der Waals surface area (Å²) >= 11 is 0. The largest absolute Gasteiger partial charge is 0.368 e. The standard InChI is InChI=1S/C20H27N5O3/c1-13(18(26)23-20(28)22-15-9-7-8-10-15)21-17-14(2)24(3)25(19(17)27)16-11-5-4-6-12-16/h4-6,11-13,15,21H,7-10H2,1-3H3,(H2,22,23,26,28). The fourth-order valence-corrected chi connectivity index (χ4v) is 3.53. The molecule has 28 heavy (non-hydrogen) atoms. The number of nitrogens with zero attached hydrogens (tertiary/aromatic N) is 2. The van der Waals surface area contributed by atoms with Crippen molar-refractivity contribution in [3.05, 3.63) is 46.4 Å². The van der Waals surface area contributed by atoms with E-state index in [1.807, 2.05) is 30.3 Å². The Kier molecular flexibility index (Phi) is 5.87. The molecule has 1 unspecified atom stereocenters. The van der Waals surface area contributed by atoms with Crippen LogP contribution in [-0.4, -0.2) is 33.4 Å². The molecule has 0 saturated heterocycles. The molecule has 3 N–H and O–H groups in total. The van der Waals surface area contributed by atoms with Gasteiger partial charge in [-0.05, 0) is 38.8 Å². The predicted octanol–water partition coefficient (Wildman–Crippen LogP) is 2.05. The minimum Gasteiger partial charge on any atom is -0.368 e. The van der Waals surface area contributed by atoms with E-state index in [1.54, 1.807) is 25.6 Å². The third-order valence-corrected chi connectivity index (χ3v) is 5.24. The molecule has 0 aliphatic heterocycles. The second kappa shape index (κ2) is 8.33. The lowest BCUT2D eigenvalue weighted by Crippen LogP contribution is -2.48. The first kappa shape index (κ1) is 19.7. The van der Waals surface area contributed by atoms with Crippen molar-refractivity contribution < 1.29 is 9.59 Å². The fourth-order valence-electron chi connectivity index (χ4n) is 3.53. The number of carbonyl (C=O) groups is 2. The van der Waals surface area contributed by atoms with E-state index in [2.05, 4.69) is 16.0 Å². The minimum absolute atomic E-state index is 0.130. The number of hydrogen-bond acceptors (Lipinski definition) is 4. The first-order chi connectivity index (χ1) is 13.4. The molecule has 8 heteroatoms. The van der Waals surface area contributed by atoms with Crippen LogP contribution in [-0.2, 0) is 11.8 Å². The number of benzene rings is 1. The van der Waals surface area contributed by atoms with E-state index in [0.29, 0.717) is 11.4 Å². The first-order valence-corrected chi connectivity index (χ1v) is 9.60. The van der Waals surface area contributed by atoms with Gasteiger partial charge >= 0.3 is 6.03 Å². The van der Waals surface area contributed by atoms with Crippen molar-refractivity contribution >= 4 is 17.6 Å². The lowest BCUT2D eigenvalue weighted by molar-refractivity contribution is -0.120. The van der Waals surface area contributed by atoms with E-state index in [-0.39, 0.29) is 11.6 Å². The lowest BCUT2D eigenvalue weighted by atomic mass is 10.2. The van der Waals surface area contributed by atoms with E-state index in [4.69, 9.17) is 0 Å². The number of para-hydroxylation sites is 1. The number of carbonyl (C=O) groups excluding carboxylic acids is 2. The van der Waals surface area contributed by atoms with Gasteiger partial charge in [-0.3, -0.25) is 19.6 Å². The van der Waals surface area contributed by atoms with Crippen LogP contribution in [0.15, 0.2) is 35.1 Å². The summed E-state index contributed by atoms with van der Waals surface area (Å²) in [5, 5.41) is 8.13. The Morgan fingerprint density at radius 3 is 2.43 bits per heavy atom. The van der Waals surface area contributed by atoms with Gasteiger partial charge in [-0.25, -0.2) is 9.48 Å². The molecule has 0 bridgehead atoms. The molecule has 1 aromatic carbocycles. The second-order valence-electron chi connectivity index (χ2n) is 7.25. The van der Waals surface area contributed by atoms with E-state index >= 15 is 0 Å². The molecular weight excluding hydrogens is 358 g/mol. The van der Waals surface area contributed by atoms with E-state index in [9.17, 15) is 14.4 Å². The smallest absolute Gasteiger partial charge is 0.321 e. The zero-order valence-electron chi connectivity index (χ0n) is 16.5. The van der Waals surface area contributed by atoms with Gasteiger partial charge in [0.2, 0.25) is 5.91 Å². The van der Waals surface area contributed by atoms with Crippen molar-refractivity contribution in [1.29, 1.82) is 0 Å². The molecule has 1 aliphatic rings. The third kappa shape index (κ3) is 4.11. The average molecular weight is 385 g/mol. The average Bonchev–Trinajstić information content (AvgIpc) is 3.25. The molecule has 2 aromatic rings. The molecule has 0 radical (unpaired) electrons. The number of urea groups is 1. The van der Waals surface area contributed by atoms with Crippen LogP contribution in [0.2, 0.25) is 0 Å². The van der Waals surface area contributed by atoms with Gasteiger partial charge in [0.15, 0.2) is 0 Å². The van der Waals surface area contributed by atoms with Crippen molar-refractivity contribution in [2.24, 2.45) is 7.05 Å². The molecule has 1 aromatic heterocycles. The fraction of sp³-hybridized carbons (Fsp3) is 0.450. The molecule has 1 atom stereocenters. The monoisotopic (exact) mass is 385 g/mol. The highest BCUT2D eigenvalue weighted by molar-refractivity contribution is 5.98. The highest BCUT2D eigenvalue weighted by atomic mass is 16.2. The summed E-state index contributed by atoms with van der Waals surface area (Å²) in [7, 11) is 1.79. The molecule has 8 nitrogen and oxygen atoms in total. The van der Waals surface area contributed by atoms with Crippen LogP contribution in [0.25, 0.3) is 5.69 Å². The van der Waals surface area contributed by atoms with E-state index in [0.717, 1.165) is 31.4 Å². The molecule has 1 aliphatic carbocycles. The number of rotatable bonds is 5. The molecule has 1 heterocycles. The minimum atomic E-state index is -0.743. The highest BCUT2D eigenvalue weighted by Gasteiger charge is 2.23. The zero-order valence-corrected chi connectivity index (χ0v) is 16.5. The summed E-state index contributed by atoms with van der Waals surface area (Å²) in [4.78, 5) is 37.3. The quantitative estimate of drug-likeness (QED) is 0.734. The Bertz CT molecular complexity index is 910. The van der Waals surface area contributed by atoms with Crippen molar-refractivity contribution in [1.82, 2.24) is 20.0 Å². The Morgan fingerprint density at radius 1 is 1.14 bits per heavy atom. The Balaban J connectivity index is 1.70. The SMILES string of the molecule is Cc1c(NC(C)C(=O)NC(=O)NC2CCCC2)c(=O)n(-c2ccccc2)n1C. The van der Waals surface area contributed by atoms with Gasteiger partial charge in [-0.1, -0.05) is 31.0 Å². The van der Waals surface area contributed by atoms with Crippen molar-refractivity contribution in [2.75, 3.05) is 5.32 Å². The van der Waals surface area contributed by atoms with Crippen LogP contribution in [0.4, 0.5) is 10.5 Å². The van der Waals surface area contributed by atoms with Gasteiger partial charge in [0.05, 0.1) is 11.4 Å². The Labute approximate surface area is 163 Å². The first-order valence-electron chi connectivity index (χ1n) is 9.60. The number of hydrogen-bond donors (Lipinski definition) is 3. The normalized spacial score (nSPS) is 15.2. The van der Waals surface area contributed by atoms with Gasteiger partial charge in [0.1, 0.15) is 11.7 Å². The lowest BCUT2D eigenvalue weighted by Gasteiger charge is -2.16. The summed E-state index contributed by atoms with van der Waals surface area (Å²) in [5.41, 5.74) is 1.52. The van der Waals surface area contributed by atoms with Crippen LogP contribution < -0.4 is 21.5 Å². The molecular formula is C20H27N5O3. The Hall–Kier alpha value is -3.03. The maximum absolute atomic E-state index is 12.9. The van der Waals surface area contributed by atoms with E-state index < -0.39 is 18.0 Å². The third-order valence-electron chi connectivity index (χ3n) is 5.24. The van der Waals surface area contributed by atoms with Crippen molar-refractivity contribution in [2.45, 2.75) is 51.6 Å². The van der Waals surface area contributed by atoms with Gasteiger partial charge in [-0.2, -0.15) is 0 Å². The number of imide groups is 1. The van der Waals surface area contributed by atoms with E-state index in [1.165, 1.54) is 4.68 Å². The van der Waals surface area contributed by atoms with Gasteiger partial charge in [0, 0.05) is 13.1 Å². The number of amides is 3. The summed E-state index contributed by atoms with van der Waals surface area (Å²) in [6.07, 6.45) is 4.07. The van der Waals surface area contributed by atoms with Crippen LogP contribution in [0, 0.1) is 6.92 Å². The second-order valence-corrected chi connectivity index (χ2v) is 7.25. The van der Waals surface area contributed by atoms with Gasteiger partial charge < -0.3 is 10.6 Å². The molecule has 1 fully saturated rings. The van der Waals surface area contributed by atoms with Crippen LogP contribution in [0.5, 0.6) is 0 Å². The summed E-state index contributed by atoms with van der Waals surface area (Å²) in [5.74, 6) is -0.482. The van der Waals surface area contributed by atoms with Gasteiger partial charge in [0.25, 0.3) is 5.56 Å². The van der Waals surface area contributed by atoms with Crippen molar-refractivity contribution in [3.8, 4) is 5.69 Å². The van der Waals surface area contributed by atoms with Crippen molar-refractivity contribution in [3.63, 3.8) is 0 Å². The highest BCUT2D eigenvalue weighted by Crippen LogP contribution is 2.17. The van der Waals surface area contributed by atoms with Gasteiger partial charge in [-0.15, -0.1) is 0 Å². The number of aromatic nitrogens is 2. The topological polar surface area (TPSA) is 97.2 Å². The predicted molar refractivity (Wildman–Crippen MR) is 108 cm³/mol. The molecule has 3 rings (SSSR count). The van der Waals surface area contributed by atoms with Crippen LogP contribution >= 0.6 is 0 Å². The molecule has 0 spiro atoms. The summed E-state index contributed by atoms with van der Waals surface area (Å²) in [6, 6.07) is 8.18. The maximum Gasteiger partial charge on any atom is 0.321 e. The van der Waals surface area contributed by atoms with Crippen LogP contribution in [0.1, 0.15) is 38.3 Å². The Morgan fingerprint density at radius 2 is 1.79 bits per heavy atom.